The van der Waals surface area contributed by atoms with Gasteiger partial charge < -0.3 is 14.5 Å². The molecule has 1 aromatic rings. The molecule has 0 spiro atoms. The second-order valence-corrected chi connectivity index (χ2v) is 7.54. The predicted octanol–water partition coefficient (Wildman–Crippen LogP) is 0.966. The molecule has 0 bridgehead atoms. The normalized spacial score (nSPS) is 23.5. The van der Waals surface area contributed by atoms with Gasteiger partial charge >= 0.3 is 0 Å². The summed E-state index contributed by atoms with van der Waals surface area (Å²) in [7, 11) is 5.48. The zero-order valence-corrected chi connectivity index (χ0v) is 16.0. The summed E-state index contributed by atoms with van der Waals surface area (Å²) in [5, 5.41) is 0. The number of hydrogen-bond donors (Lipinski definition) is 0. The van der Waals surface area contributed by atoms with E-state index >= 15 is 0 Å². The molecular formula is C20H29N3O3. The maximum atomic E-state index is 13.6. The van der Waals surface area contributed by atoms with Gasteiger partial charge in [-0.1, -0.05) is 30.3 Å². The number of nitrogens with zero attached hydrogens (tertiary/aromatic N) is 3. The Balaban J connectivity index is 1.86. The van der Waals surface area contributed by atoms with E-state index in [4.69, 9.17) is 4.74 Å². The molecule has 0 aromatic heterocycles. The number of rotatable bonds is 3. The topological polar surface area (TPSA) is 53.1 Å². The second kappa shape index (κ2) is 7.76. The fourth-order valence-electron chi connectivity index (χ4n) is 4.03. The largest absolute Gasteiger partial charge is 0.381 e. The van der Waals surface area contributed by atoms with Gasteiger partial charge in [-0.2, -0.15) is 0 Å². The first kappa shape index (κ1) is 18.9. The minimum absolute atomic E-state index is 0.0470. The van der Waals surface area contributed by atoms with E-state index in [1.807, 2.05) is 47.2 Å². The quantitative estimate of drug-likeness (QED) is 0.807. The molecule has 2 aliphatic rings. The van der Waals surface area contributed by atoms with Crippen molar-refractivity contribution in [1.29, 1.82) is 0 Å². The summed E-state index contributed by atoms with van der Waals surface area (Å²) < 4.78 is 5.55. The molecule has 142 valence electrons. The Kier molecular flexibility index (Phi) is 5.63. The predicted molar refractivity (Wildman–Crippen MR) is 99.9 cm³/mol. The third-order valence-corrected chi connectivity index (χ3v) is 5.74. The third-order valence-electron chi connectivity index (χ3n) is 5.74. The van der Waals surface area contributed by atoms with Crippen LogP contribution in [-0.4, -0.2) is 86.5 Å². The fraction of sp³-hybridized carbons (Fsp3) is 0.600. The van der Waals surface area contributed by atoms with Crippen LogP contribution >= 0.6 is 0 Å². The maximum absolute atomic E-state index is 13.6. The number of carbonyl (C=O) groups excluding carboxylic acids is 2. The van der Waals surface area contributed by atoms with Crippen LogP contribution in [0.25, 0.3) is 0 Å². The first-order valence-electron chi connectivity index (χ1n) is 9.30. The van der Waals surface area contributed by atoms with E-state index in [1.54, 1.807) is 19.0 Å². The fourth-order valence-corrected chi connectivity index (χ4v) is 4.03. The minimum Gasteiger partial charge on any atom is -0.381 e. The number of ether oxygens (including phenoxy) is 1. The standard InChI is InChI=1S/C20H29N3O3/c1-21(2)18(24)17-15-23(12-11-22(17)3)19(25)20(9-13-26-14-10-20)16-7-5-4-6-8-16/h4-8,17H,9-15H2,1-3H3. The van der Waals surface area contributed by atoms with E-state index in [0.29, 0.717) is 45.7 Å². The van der Waals surface area contributed by atoms with Crippen molar-refractivity contribution in [1.82, 2.24) is 14.7 Å². The van der Waals surface area contributed by atoms with Gasteiger partial charge in [0.05, 0.1) is 5.41 Å². The van der Waals surface area contributed by atoms with Gasteiger partial charge in [-0.3, -0.25) is 14.5 Å². The van der Waals surface area contributed by atoms with E-state index in [0.717, 1.165) is 5.56 Å². The highest BCUT2D eigenvalue weighted by atomic mass is 16.5. The van der Waals surface area contributed by atoms with Crippen LogP contribution in [0.15, 0.2) is 30.3 Å². The van der Waals surface area contributed by atoms with E-state index in [9.17, 15) is 9.59 Å². The molecule has 2 aliphatic heterocycles. The molecule has 3 rings (SSSR count). The molecule has 1 aromatic carbocycles. The minimum atomic E-state index is -0.541. The average Bonchev–Trinajstić information content (AvgIpc) is 2.68. The Morgan fingerprint density at radius 3 is 2.38 bits per heavy atom. The third kappa shape index (κ3) is 3.48. The Bertz CT molecular complexity index is 641. The molecule has 0 N–H and O–H groups in total. The van der Waals surface area contributed by atoms with Crippen molar-refractivity contribution in [3.8, 4) is 0 Å². The highest BCUT2D eigenvalue weighted by molar-refractivity contribution is 5.90. The summed E-state index contributed by atoms with van der Waals surface area (Å²) in [4.78, 5) is 31.7. The van der Waals surface area contributed by atoms with Crippen LogP contribution in [0.2, 0.25) is 0 Å². The molecule has 0 aliphatic carbocycles. The first-order chi connectivity index (χ1) is 12.5. The smallest absolute Gasteiger partial charge is 0.241 e. The zero-order valence-electron chi connectivity index (χ0n) is 16.0. The van der Waals surface area contributed by atoms with Crippen molar-refractivity contribution < 1.29 is 14.3 Å². The van der Waals surface area contributed by atoms with Gasteiger partial charge in [-0.05, 0) is 25.5 Å². The SMILES string of the molecule is CN(C)C(=O)C1CN(C(=O)C2(c3ccccc3)CCOCC2)CCN1C. The van der Waals surface area contributed by atoms with Gasteiger partial charge in [0.1, 0.15) is 6.04 Å². The lowest BCUT2D eigenvalue weighted by atomic mass is 9.72. The van der Waals surface area contributed by atoms with E-state index in [-0.39, 0.29) is 17.9 Å². The molecule has 2 fully saturated rings. The molecule has 1 unspecified atom stereocenters. The molecule has 0 saturated carbocycles. The van der Waals surface area contributed by atoms with Crippen LogP contribution in [0, 0.1) is 0 Å². The molecule has 2 amide bonds. The molecular weight excluding hydrogens is 330 g/mol. The Morgan fingerprint density at radius 2 is 1.77 bits per heavy atom. The maximum Gasteiger partial charge on any atom is 0.241 e. The van der Waals surface area contributed by atoms with Gasteiger partial charge in [0, 0.05) is 46.9 Å². The van der Waals surface area contributed by atoms with Crippen LogP contribution < -0.4 is 0 Å². The summed E-state index contributed by atoms with van der Waals surface area (Å²) in [6.07, 6.45) is 1.38. The highest BCUT2D eigenvalue weighted by Crippen LogP contribution is 2.37. The van der Waals surface area contributed by atoms with Gasteiger partial charge in [-0.25, -0.2) is 0 Å². The van der Waals surface area contributed by atoms with Gasteiger partial charge in [0.2, 0.25) is 11.8 Å². The second-order valence-electron chi connectivity index (χ2n) is 7.54. The van der Waals surface area contributed by atoms with Crippen LogP contribution in [0.5, 0.6) is 0 Å². The average molecular weight is 359 g/mol. The summed E-state index contributed by atoms with van der Waals surface area (Å²) in [6, 6.07) is 9.76. The summed E-state index contributed by atoms with van der Waals surface area (Å²) in [5.74, 6) is 0.183. The molecule has 6 heteroatoms. The molecule has 2 saturated heterocycles. The van der Waals surface area contributed by atoms with Crippen molar-refractivity contribution in [2.24, 2.45) is 0 Å². The summed E-state index contributed by atoms with van der Waals surface area (Å²) in [5.41, 5.74) is 0.518. The lowest BCUT2D eigenvalue weighted by molar-refractivity contribution is -0.147. The highest BCUT2D eigenvalue weighted by Gasteiger charge is 2.46. The van der Waals surface area contributed by atoms with Crippen LogP contribution in [0.3, 0.4) is 0 Å². The van der Waals surface area contributed by atoms with Crippen LogP contribution in [0.1, 0.15) is 18.4 Å². The molecule has 0 radical (unpaired) electrons. The van der Waals surface area contributed by atoms with Crippen molar-refractivity contribution >= 4 is 11.8 Å². The van der Waals surface area contributed by atoms with Gasteiger partial charge in [0.15, 0.2) is 0 Å². The molecule has 6 nitrogen and oxygen atoms in total. The van der Waals surface area contributed by atoms with Gasteiger partial charge in [-0.15, -0.1) is 0 Å². The summed E-state index contributed by atoms with van der Waals surface area (Å²) in [6.45, 7) is 2.99. The molecule has 2 heterocycles. The first-order valence-corrected chi connectivity index (χ1v) is 9.30. The number of benzene rings is 1. The van der Waals surface area contributed by atoms with Crippen LogP contribution in [0.4, 0.5) is 0 Å². The lowest BCUT2D eigenvalue weighted by Crippen LogP contribution is -2.61. The number of likely N-dealkylation sites (N-methyl/N-ethyl adjacent to an activating group) is 2. The number of carbonyl (C=O) groups is 2. The number of amides is 2. The van der Waals surface area contributed by atoms with Gasteiger partial charge in [0.25, 0.3) is 0 Å². The molecule has 26 heavy (non-hydrogen) atoms. The van der Waals surface area contributed by atoms with Crippen molar-refractivity contribution in [2.75, 3.05) is 54.0 Å². The Morgan fingerprint density at radius 1 is 1.12 bits per heavy atom. The van der Waals surface area contributed by atoms with E-state index in [2.05, 4.69) is 0 Å². The monoisotopic (exact) mass is 359 g/mol. The van der Waals surface area contributed by atoms with Crippen molar-refractivity contribution in [3.05, 3.63) is 35.9 Å². The number of hydrogen-bond acceptors (Lipinski definition) is 4. The summed E-state index contributed by atoms with van der Waals surface area (Å²) >= 11 is 0. The van der Waals surface area contributed by atoms with Crippen molar-refractivity contribution in [2.45, 2.75) is 24.3 Å². The Labute approximate surface area is 155 Å². The Hall–Kier alpha value is -1.92. The lowest BCUT2D eigenvalue weighted by Gasteiger charge is -2.45. The van der Waals surface area contributed by atoms with E-state index in [1.165, 1.54) is 0 Å². The number of piperazine rings is 1. The van der Waals surface area contributed by atoms with Crippen LogP contribution in [-0.2, 0) is 19.7 Å². The van der Waals surface area contributed by atoms with E-state index < -0.39 is 5.41 Å². The zero-order chi connectivity index (χ0) is 18.7. The molecule has 1 atom stereocenters. The van der Waals surface area contributed by atoms with Crippen molar-refractivity contribution in [3.63, 3.8) is 0 Å².